The maximum absolute atomic E-state index is 12.0. The van der Waals surface area contributed by atoms with Gasteiger partial charge in [0.05, 0.1) is 15.1 Å². The number of non-ortho nitro benzene ring substituents is 1. The summed E-state index contributed by atoms with van der Waals surface area (Å²) in [7, 11) is 0. The number of anilines is 1. The molecule has 0 aliphatic rings. The first kappa shape index (κ1) is 16.1. The number of hydrogen-bond acceptors (Lipinski definition) is 5. The maximum atomic E-state index is 12.0. The van der Waals surface area contributed by atoms with Crippen LogP contribution in [-0.2, 0) is 4.79 Å². The van der Waals surface area contributed by atoms with Crippen LogP contribution in [0.5, 0.6) is 0 Å². The molecule has 120 valence electrons. The van der Waals surface area contributed by atoms with E-state index >= 15 is 0 Å². The van der Waals surface area contributed by atoms with Gasteiger partial charge in [-0.2, -0.15) is 0 Å². The highest BCUT2D eigenvalue weighted by atomic mass is 35.5. The predicted molar refractivity (Wildman–Crippen MR) is 95.4 cm³/mol. The molecule has 0 fully saturated rings. The Morgan fingerprint density at radius 1 is 1.29 bits per heavy atom. The van der Waals surface area contributed by atoms with Crippen molar-refractivity contribution in [2.45, 2.75) is 0 Å². The van der Waals surface area contributed by atoms with Crippen molar-refractivity contribution in [1.29, 1.82) is 0 Å². The van der Waals surface area contributed by atoms with E-state index in [1.54, 1.807) is 30.3 Å². The van der Waals surface area contributed by atoms with Crippen LogP contribution in [0.3, 0.4) is 0 Å². The first-order valence-electron chi connectivity index (χ1n) is 6.81. The van der Waals surface area contributed by atoms with E-state index in [4.69, 9.17) is 11.6 Å². The van der Waals surface area contributed by atoms with Crippen molar-refractivity contribution in [3.63, 3.8) is 0 Å². The molecule has 6 nitrogen and oxygen atoms in total. The lowest BCUT2D eigenvalue weighted by atomic mass is 10.2. The van der Waals surface area contributed by atoms with Crippen LogP contribution in [0.1, 0.15) is 5.56 Å². The Hall–Kier alpha value is -2.77. The molecule has 1 aromatic heterocycles. The molecule has 0 spiro atoms. The molecular weight excluding hydrogens is 350 g/mol. The monoisotopic (exact) mass is 359 g/mol. The van der Waals surface area contributed by atoms with Crippen LogP contribution < -0.4 is 5.32 Å². The molecule has 0 aliphatic heterocycles. The number of fused-ring (bicyclic) bond motifs is 1. The highest BCUT2D eigenvalue weighted by molar-refractivity contribution is 7.22. The number of halogens is 1. The molecule has 8 heteroatoms. The van der Waals surface area contributed by atoms with Crippen LogP contribution in [-0.4, -0.2) is 15.8 Å². The van der Waals surface area contributed by atoms with Crippen molar-refractivity contribution in [2.75, 3.05) is 5.32 Å². The van der Waals surface area contributed by atoms with Crippen LogP contribution in [0.25, 0.3) is 16.3 Å². The van der Waals surface area contributed by atoms with Gasteiger partial charge in [0.2, 0.25) is 5.91 Å². The highest BCUT2D eigenvalue weighted by Gasteiger charge is 2.07. The second-order valence-corrected chi connectivity index (χ2v) is 6.27. The number of nitrogens with one attached hydrogen (secondary N) is 1. The lowest BCUT2D eigenvalue weighted by Crippen LogP contribution is -2.07. The molecule has 1 N–H and O–H groups in total. The van der Waals surface area contributed by atoms with Crippen molar-refractivity contribution in [3.8, 4) is 0 Å². The largest absolute Gasteiger partial charge is 0.298 e. The fraction of sp³-hybridized carbons (Fsp3) is 0. The minimum absolute atomic E-state index is 0.0272. The first-order valence-corrected chi connectivity index (χ1v) is 8.00. The quantitative estimate of drug-likeness (QED) is 0.422. The van der Waals surface area contributed by atoms with Crippen molar-refractivity contribution in [3.05, 3.63) is 69.2 Å². The third-order valence-electron chi connectivity index (χ3n) is 3.09. The summed E-state index contributed by atoms with van der Waals surface area (Å²) in [5, 5.41) is 14.5. The van der Waals surface area contributed by atoms with E-state index in [1.807, 2.05) is 0 Å². The van der Waals surface area contributed by atoms with Gasteiger partial charge in [-0.3, -0.25) is 20.2 Å². The molecule has 0 unspecified atom stereocenters. The smallest absolute Gasteiger partial charge is 0.270 e. The summed E-state index contributed by atoms with van der Waals surface area (Å²) in [6, 6.07) is 11.3. The predicted octanol–water partition coefficient (Wildman–Crippen LogP) is 4.51. The number of rotatable bonds is 4. The molecule has 0 saturated carbocycles. The maximum Gasteiger partial charge on any atom is 0.270 e. The first-order chi connectivity index (χ1) is 11.5. The normalized spacial score (nSPS) is 11.0. The summed E-state index contributed by atoms with van der Waals surface area (Å²) in [5.41, 5.74) is 1.29. The number of thiazole rings is 1. The summed E-state index contributed by atoms with van der Waals surface area (Å²) in [5.74, 6) is -0.369. The summed E-state index contributed by atoms with van der Waals surface area (Å²) < 4.78 is 0.875. The molecule has 1 amide bonds. The minimum Gasteiger partial charge on any atom is -0.298 e. The number of carbonyl (C=O) groups is 1. The van der Waals surface area contributed by atoms with Crippen LogP contribution >= 0.6 is 22.9 Å². The van der Waals surface area contributed by atoms with E-state index in [-0.39, 0.29) is 11.6 Å². The third kappa shape index (κ3) is 3.76. The average Bonchev–Trinajstić information content (AvgIpc) is 2.94. The van der Waals surface area contributed by atoms with E-state index in [2.05, 4.69) is 10.3 Å². The Bertz CT molecular complexity index is 968. The highest BCUT2D eigenvalue weighted by Crippen LogP contribution is 2.28. The summed E-state index contributed by atoms with van der Waals surface area (Å²) in [6.07, 6.45) is 2.81. The van der Waals surface area contributed by atoms with Crippen molar-refractivity contribution < 1.29 is 9.72 Å². The fourth-order valence-corrected chi connectivity index (χ4v) is 3.16. The van der Waals surface area contributed by atoms with Crippen LogP contribution in [0.2, 0.25) is 5.02 Å². The summed E-state index contributed by atoms with van der Waals surface area (Å²) in [4.78, 5) is 26.5. The molecule has 0 atom stereocenters. The zero-order valence-corrected chi connectivity index (χ0v) is 13.7. The second kappa shape index (κ2) is 6.77. The standard InChI is InChI=1S/C16H10ClN3O3S/c17-11-5-6-13-14(9-11)24-16(18-13)19-15(21)7-4-10-2-1-3-12(8-10)20(22)23/h1-9H,(H,18,19,21)/b7-4+. The van der Waals surface area contributed by atoms with Crippen molar-refractivity contribution >= 4 is 56.0 Å². The number of hydrogen-bond donors (Lipinski definition) is 1. The van der Waals surface area contributed by atoms with Gasteiger partial charge in [-0.15, -0.1) is 0 Å². The van der Waals surface area contributed by atoms with Gasteiger partial charge in [0.25, 0.3) is 5.69 Å². The van der Waals surface area contributed by atoms with Gasteiger partial charge in [-0.05, 0) is 29.8 Å². The molecule has 3 rings (SSSR count). The Labute approximate surface area is 145 Å². The van der Waals surface area contributed by atoms with E-state index < -0.39 is 4.92 Å². The van der Waals surface area contributed by atoms with Gasteiger partial charge in [-0.1, -0.05) is 35.1 Å². The Morgan fingerprint density at radius 3 is 2.92 bits per heavy atom. The lowest BCUT2D eigenvalue weighted by Gasteiger charge is -1.96. The summed E-state index contributed by atoms with van der Waals surface area (Å²) >= 11 is 7.24. The van der Waals surface area contributed by atoms with Gasteiger partial charge in [-0.25, -0.2) is 4.98 Å². The Morgan fingerprint density at radius 2 is 2.12 bits per heavy atom. The number of nitro groups is 1. The Kier molecular flexibility index (Phi) is 4.54. The van der Waals surface area contributed by atoms with E-state index in [0.717, 1.165) is 10.2 Å². The van der Waals surface area contributed by atoms with Gasteiger partial charge in [0, 0.05) is 23.2 Å². The third-order valence-corrected chi connectivity index (χ3v) is 4.26. The van der Waals surface area contributed by atoms with E-state index in [1.165, 1.54) is 35.6 Å². The second-order valence-electron chi connectivity index (χ2n) is 4.81. The number of aromatic nitrogens is 1. The topological polar surface area (TPSA) is 85.1 Å². The van der Waals surface area contributed by atoms with Crippen molar-refractivity contribution in [1.82, 2.24) is 4.98 Å². The van der Waals surface area contributed by atoms with E-state index in [0.29, 0.717) is 15.7 Å². The SMILES string of the molecule is O=C(/C=C/c1cccc([N+](=O)[O-])c1)Nc1nc2ccc(Cl)cc2s1. The molecule has 1 heterocycles. The van der Waals surface area contributed by atoms with Gasteiger partial charge < -0.3 is 0 Å². The number of nitrogens with zero attached hydrogens (tertiary/aromatic N) is 2. The van der Waals surface area contributed by atoms with Crippen LogP contribution in [0, 0.1) is 10.1 Å². The van der Waals surface area contributed by atoms with Crippen LogP contribution in [0.4, 0.5) is 10.8 Å². The summed E-state index contributed by atoms with van der Waals surface area (Å²) in [6.45, 7) is 0. The number of nitro benzene ring substituents is 1. The molecule has 0 radical (unpaired) electrons. The molecule has 24 heavy (non-hydrogen) atoms. The van der Waals surface area contributed by atoms with Gasteiger partial charge >= 0.3 is 0 Å². The van der Waals surface area contributed by atoms with E-state index in [9.17, 15) is 14.9 Å². The molecule has 3 aromatic rings. The number of carbonyl (C=O) groups excluding carboxylic acids is 1. The number of benzene rings is 2. The number of amides is 1. The fourth-order valence-electron chi connectivity index (χ4n) is 2.01. The molecule has 0 saturated heterocycles. The zero-order chi connectivity index (χ0) is 17.1. The zero-order valence-electron chi connectivity index (χ0n) is 12.1. The molecule has 0 aliphatic carbocycles. The average molecular weight is 360 g/mol. The minimum atomic E-state index is -0.482. The lowest BCUT2D eigenvalue weighted by molar-refractivity contribution is -0.384. The van der Waals surface area contributed by atoms with Crippen LogP contribution in [0.15, 0.2) is 48.5 Å². The molecular formula is C16H10ClN3O3S. The molecule has 0 bridgehead atoms. The van der Waals surface area contributed by atoms with Gasteiger partial charge in [0.15, 0.2) is 5.13 Å². The van der Waals surface area contributed by atoms with Gasteiger partial charge in [0.1, 0.15) is 0 Å². The van der Waals surface area contributed by atoms with Crippen molar-refractivity contribution in [2.24, 2.45) is 0 Å². The Balaban J connectivity index is 1.72. The molecule has 2 aromatic carbocycles.